The Kier molecular flexibility index (Phi) is 5.68. The molecule has 2 rings (SSSR count). The minimum atomic E-state index is -3.82. The van der Waals surface area contributed by atoms with Gasteiger partial charge in [-0.25, -0.2) is 13.2 Å². The molecule has 140 valence electrons. The number of aryl methyl sites for hydroxylation is 1. The van der Waals surface area contributed by atoms with E-state index in [1.807, 2.05) is 0 Å². The van der Waals surface area contributed by atoms with Crippen molar-refractivity contribution in [3.8, 4) is 0 Å². The number of carbonyl (C=O) groups is 2. The molecule has 7 nitrogen and oxygen atoms in total. The fourth-order valence-electron chi connectivity index (χ4n) is 2.77. The number of methoxy groups -OCH3 is 1. The first-order chi connectivity index (χ1) is 12.1. The standard InChI is InChI=1S/C18H22N2O5S/c1-11-15(12(2)19-16(11)18(22)25-5)17(21)13(3)20(4)26(23,24)14-9-7-6-8-10-14/h6-10,13,19H,1-5H3/t13-/m0/s1. The summed E-state index contributed by atoms with van der Waals surface area (Å²) in [6, 6.07) is 6.97. The van der Waals surface area contributed by atoms with Crippen LogP contribution in [0.5, 0.6) is 0 Å². The molecule has 0 aliphatic carbocycles. The number of aromatic nitrogens is 1. The number of likely N-dealkylation sites (N-methyl/N-ethyl adjacent to an activating group) is 1. The molecule has 0 bridgehead atoms. The van der Waals surface area contributed by atoms with Crippen molar-refractivity contribution in [2.75, 3.05) is 14.2 Å². The monoisotopic (exact) mass is 378 g/mol. The Morgan fingerprint density at radius 2 is 1.73 bits per heavy atom. The summed E-state index contributed by atoms with van der Waals surface area (Å²) in [6.07, 6.45) is 0. The van der Waals surface area contributed by atoms with E-state index in [2.05, 4.69) is 4.98 Å². The fraction of sp³-hybridized carbons (Fsp3) is 0.333. The zero-order valence-electron chi connectivity index (χ0n) is 15.4. The number of hydrogen-bond donors (Lipinski definition) is 1. The minimum Gasteiger partial charge on any atom is -0.464 e. The number of ketones is 1. The van der Waals surface area contributed by atoms with Crippen LogP contribution in [-0.4, -0.2) is 49.7 Å². The molecular weight excluding hydrogens is 356 g/mol. The van der Waals surface area contributed by atoms with Gasteiger partial charge in [-0.2, -0.15) is 4.31 Å². The number of nitrogens with zero attached hydrogens (tertiary/aromatic N) is 1. The van der Waals surface area contributed by atoms with Gasteiger partial charge in [-0.1, -0.05) is 18.2 Å². The van der Waals surface area contributed by atoms with Crippen LogP contribution in [0.25, 0.3) is 0 Å². The van der Waals surface area contributed by atoms with E-state index < -0.39 is 27.8 Å². The molecule has 0 unspecified atom stereocenters. The van der Waals surface area contributed by atoms with E-state index in [4.69, 9.17) is 4.74 Å². The van der Waals surface area contributed by atoms with Crippen molar-refractivity contribution in [1.29, 1.82) is 0 Å². The topological polar surface area (TPSA) is 96.5 Å². The molecule has 0 radical (unpaired) electrons. The van der Waals surface area contributed by atoms with E-state index in [1.54, 1.807) is 32.0 Å². The predicted octanol–water partition coefficient (Wildman–Crippen LogP) is 2.31. The molecule has 1 N–H and O–H groups in total. The molecule has 1 atom stereocenters. The van der Waals surface area contributed by atoms with Crippen LogP contribution in [0.3, 0.4) is 0 Å². The number of Topliss-reactive ketones (excluding diaryl/α,β-unsaturated/α-hetero) is 1. The van der Waals surface area contributed by atoms with Crippen LogP contribution < -0.4 is 0 Å². The van der Waals surface area contributed by atoms with Gasteiger partial charge in [0.1, 0.15) is 5.69 Å². The average molecular weight is 378 g/mol. The van der Waals surface area contributed by atoms with E-state index in [-0.39, 0.29) is 10.6 Å². The fourth-order valence-corrected chi connectivity index (χ4v) is 4.11. The third kappa shape index (κ3) is 3.42. The van der Waals surface area contributed by atoms with Gasteiger partial charge in [0, 0.05) is 18.3 Å². The lowest BCUT2D eigenvalue weighted by molar-refractivity contribution is 0.0594. The zero-order valence-corrected chi connectivity index (χ0v) is 16.2. The number of rotatable bonds is 6. The summed E-state index contributed by atoms with van der Waals surface area (Å²) in [5, 5.41) is 0. The number of aromatic amines is 1. The van der Waals surface area contributed by atoms with Gasteiger partial charge in [0.2, 0.25) is 10.0 Å². The molecule has 1 heterocycles. The average Bonchev–Trinajstić information content (AvgIpc) is 2.94. The molecule has 0 spiro atoms. The first-order valence-electron chi connectivity index (χ1n) is 7.97. The van der Waals surface area contributed by atoms with Gasteiger partial charge in [-0.3, -0.25) is 4.79 Å². The van der Waals surface area contributed by atoms with Crippen molar-refractivity contribution >= 4 is 21.8 Å². The molecule has 0 fully saturated rings. The van der Waals surface area contributed by atoms with Gasteiger partial charge >= 0.3 is 5.97 Å². The third-order valence-electron chi connectivity index (χ3n) is 4.42. The zero-order chi connectivity index (χ0) is 19.6. The first-order valence-corrected chi connectivity index (χ1v) is 9.41. The van der Waals surface area contributed by atoms with Gasteiger partial charge in [0.15, 0.2) is 5.78 Å². The minimum absolute atomic E-state index is 0.111. The second-order valence-electron chi connectivity index (χ2n) is 5.99. The lowest BCUT2D eigenvalue weighted by atomic mass is 10.0. The van der Waals surface area contributed by atoms with Crippen molar-refractivity contribution in [3.63, 3.8) is 0 Å². The van der Waals surface area contributed by atoms with Gasteiger partial charge in [-0.05, 0) is 38.5 Å². The van der Waals surface area contributed by atoms with Crippen molar-refractivity contribution in [2.24, 2.45) is 0 Å². The Hall–Kier alpha value is -2.45. The highest BCUT2D eigenvalue weighted by atomic mass is 32.2. The highest BCUT2D eigenvalue weighted by molar-refractivity contribution is 7.89. The SMILES string of the molecule is COC(=O)c1[nH]c(C)c(C(=O)[C@H](C)N(C)S(=O)(=O)c2ccccc2)c1C. The maximum Gasteiger partial charge on any atom is 0.354 e. The normalized spacial score (nSPS) is 12.8. The quantitative estimate of drug-likeness (QED) is 0.615. The van der Waals surface area contributed by atoms with Crippen LogP contribution in [0.2, 0.25) is 0 Å². The smallest absolute Gasteiger partial charge is 0.354 e. The van der Waals surface area contributed by atoms with Crippen LogP contribution in [0, 0.1) is 13.8 Å². The molecule has 26 heavy (non-hydrogen) atoms. The van der Waals surface area contributed by atoms with Crippen LogP contribution in [-0.2, 0) is 14.8 Å². The number of H-pyrrole nitrogens is 1. The first kappa shape index (κ1) is 19.9. The maximum atomic E-state index is 13.0. The Morgan fingerprint density at radius 3 is 2.27 bits per heavy atom. The van der Waals surface area contributed by atoms with E-state index in [0.29, 0.717) is 16.8 Å². The molecule has 0 saturated carbocycles. The van der Waals surface area contributed by atoms with Crippen LogP contribution in [0.15, 0.2) is 35.2 Å². The number of ether oxygens (including phenoxy) is 1. The largest absolute Gasteiger partial charge is 0.464 e. The number of carbonyl (C=O) groups excluding carboxylic acids is 2. The summed E-state index contributed by atoms with van der Waals surface area (Å²) in [5.41, 5.74) is 1.42. The summed E-state index contributed by atoms with van der Waals surface area (Å²) in [4.78, 5) is 27.7. The molecule has 0 saturated heterocycles. The van der Waals surface area contributed by atoms with Crippen LogP contribution >= 0.6 is 0 Å². The number of sulfonamides is 1. The van der Waals surface area contributed by atoms with Crippen molar-refractivity contribution in [1.82, 2.24) is 9.29 Å². The Balaban J connectivity index is 2.39. The summed E-state index contributed by atoms with van der Waals surface area (Å²) in [7, 11) is -1.20. The summed E-state index contributed by atoms with van der Waals surface area (Å²) in [6.45, 7) is 4.80. The summed E-state index contributed by atoms with van der Waals surface area (Å²) >= 11 is 0. The van der Waals surface area contributed by atoms with Crippen LogP contribution in [0.1, 0.15) is 39.0 Å². The van der Waals surface area contributed by atoms with Crippen molar-refractivity contribution in [3.05, 3.63) is 52.8 Å². The van der Waals surface area contributed by atoms with Gasteiger partial charge in [0.25, 0.3) is 0 Å². The Morgan fingerprint density at radius 1 is 1.15 bits per heavy atom. The van der Waals surface area contributed by atoms with Gasteiger partial charge < -0.3 is 9.72 Å². The highest BCUT2D eigenvalue weighted by Crippen LogP contribution is 2.24. The molecule has 1 aromatic heterocycles. The molecule has 1 aromatic carbocycles. The predicted molar refractivity (Wildman–Crippen MR) is 96.8 cm³/mol. The molecule has 0 amide bonds. The molecule has 0 aliphatic rings. The highest BCUT2D eigenvalue weighted by Gasteiger charge is 2.33. The molecule has 2 aromatic rings. The van der Waals surface area contributed by atoms with E-state index in [9.17, 15) is 18.0 Å². The number of hydrogen-bond acceptors (Lipinski definition) is 5. The van der Waals surface area contributed by atoms with Gasteiger partial charge in [0.05, 0.1) is 18.0 Å². The van der Waals surface area contributed by atoms with E-state index in [0.717, 1.165) is 4.31 Å². The second kappa shape index (κ2) is 7.43. The molecule has 8 heteroatoms. The lowest BCUT2D eigenvalue weighted by Crippen LogP contribution is -2.40. The van der Waals surface area contributed by atoms with Gasteiger partial charge in [-0.15, -0.1) is 0 Å². The number of esters is 1. The summed E-state index contributed by atoms with van der Waals surface area (Å²) in [5.74, 6) is -0.976. The van der Waals surface area contributed by atoms with E-state index in [1.165, 1.54) is 33.2 Å². The third-order valence-corrected chi connectivity index (χ3v) is 6.36. The lowest BCUT2D eigenvalue weighted by Gasteiger charge is -2.23. The Bertz CT molecular complexity index is 932. The Labute approximate surface area is 153 Å². The molecule has 0 aliphatic heterocycles. The second-order valence-corrected chi connectivity index (χ2v) is 7.99. The maximum absolute atomic E-state index is 13.0. The molecular formula is C18H22N2O5S. The number of benzene rings is 1. The van der Waals surface area contributed by atoms with Crippen molar-refractivity contribution in [2.45, 2.75) is 31.7 Å². The number of nitrogens with one attached hydrogen (secondary N) is 1. The van der Waals surface area contributed by atoms with Crippen molar-refractivity contribution < 1.29 is 22.7 Å². The van der Waals surface area contributed by atoms with E-state index >= 15 is 0 Å². The van der Waals surface area contributed by atoms with Crippen LogP contribution in [0.4, 0.5) is 0 Å². The summed E-state index contributed by atoms with van der Waals surface area (Å²) < 4.78 is 31.2.